The molecule has 1 N–H and O–H groups in total. The lowest BCUT2D eigenvalue weighted by Crippen LogP contribution is -2.34. The van der Waals surface area contributed by atoms with Crippen LogP contribution in [0.3, 0.4) is 0 Å². The number of aryl methyl sites for hydroxylation is 1. The lowest BCUT2D eigenvalue weighted by Gasteiger charge is -2.25. The Morgan fingerprint density at radius 3 is 2.77 bits per heavy atom. The van der Waals surface area contributed by atoms with Crippen LogP contribution in [-0.4, -0.2) is 52.8 Å². The van der Waals surface area contributed by atoms with Gasteiger partial charge < -0.3 is 14.8 Å². The van der Waals surface area contributed by atoms with Crippen LogP contribution in [0.5, 0.6) is 5.75 Å². The van der Waals surface area contributed by atoms with E-state index in [1.807, 2.05) is 42.2 Å². The summed E-state index contributed by atoms with van der Waals surface area (Å²) in [6, 6.07) is 10.1. The van der Waals surface area contributed by atoms with Crippen LogP contribution in [0.25, 0.3) is 33.3 Å². The summed E-state index contributed by atoms with van der Waals surface area (Å²) in [5.41, 5.74) is 6.15. The average molecular weight is 471 g/mol. The van der Waals surface area contributed by atoms with Crippen LogP contribution >= 0.6 is 0 Å². The third-order valence-corrected chi connectivity index (χ3v) is 6.50. The Hall–Kier alpha value is -4.16. The molecule has 0 radical (unpaired) electrons. The van der Waals surface area contributed by atoms with Gasteiger partial charge >= 0.3 is 0 Å². The zero-order valence-corrected chi connectivity index (χ0v) is 20.1. The van der Waals surface area contributed by atoms with Gasteiger partial charge in [-0.15, -0.1) is 0 Å². The number of benzene rings is 2. The quantitative estimate of drug-likeness (QED) is 0.462. The summed E-state index contributed by atoms with van der Waals surface area (Å²) >= 11 is 0. The molecule has 1 atom stereocenters. The van der Waals surface area contributed by atoms with E-state index in [4.69, 9.17) is 14.6 Å². The highest BCUT2D eigenvalue weighted by molar-refractivity contribution is 6.03. The highest BCUT2D eigenvalue weighted by Gasteiger charge is 2.28. The van der Waals surface area contributed by atoms with Gasteiger partial charge in [-0.2, -0.15) is 15.5 Å². The topological polar surface area (TPSA) is 107 Å². The Labute approximate surface area is 202 Å². The number of nitrogens with zero attached hydrogens (tertiary/aromatic N) is 5. The van der Waals surface area contributed by atoms with Gasteiger partial charge in [-0.3, -0.25) is 14.2 Å². The Morgan fingerprint density at radius 2 is 2.03 bits per heavy atom. The van der Waals surface area contributed by atoms with Gasteiger partial charge in [0.25, 0.3) is 5.91 Å². The second kappa shape index (κ2) is 8.89. The number of nitriles is 1. The third kappa shape index (κ3) is 3.82. The maximum Gasteiger partial charge on any atom is 0.255 e. The molecule has 2 aromatic heterocycles. The second-order valence-electron chi connectivity index (χ2n) is 8.74. The molecule has 4 aromatic rings. The Kier molecular flexibility index (Phi) is 5.75. The lowest BCUT2D eigenvalue weighted by atomic mass is 9.88. The summed E-state index contributed by atoms with van der Waals surface area (Å²) in [5.74, 6) is 0.506. The standard InChI is InChI=1S/C26H26N6O3/c1-15-12-28-26(33)24-20(15)8-17(10-22(24)35-4)25-23-18(11-27)7-16(9-21(23)30-31(25)2)19-13-29-32(14-19)5-6-34-3/h7-10,13-15H,5-6,12H2,1-4H3,(H,28,33)/t15-/m0/s1. The number of hydrogen-bond donors (Lipinski definition) is 1. The van der Waals surface area contributed by atoms with E-state index in [9.17, 15) is 10.1 Å². The predicted octanol–water partition coefficient (Wildman–Crippen LogP) is 3.48. The fraction of sp³-hybridized carbons (Fsp3) is 0.308. The molecular formula is C26H26N6O3. The van der Waals surface area contributed by atoms with Crippen molar-refractivity contribution >= 4 is 16.8 Å². The summed E-state index contributed by atoms with van der Waals surface area (Å²) in [5, 5.41) is 22.9. The fourth-order valence-electron chi connectivity index (χ4n) is 4.74. The molecule has 0 aliphatic carbocycles. The van der Waals surface area contributed by atoms with Gasteiger partial charge in [-0.1, -0.05) is 6.92 Å². The van der Waals surface area contributed by atoms with Crippen molar-refractivity contribution in [3.63, 3.8) is 0 Å². The molecule has 178 valence electrons. The van der Waals surface area contributed by atoms with Crippen molar-refractivity contribution < 1.29 is 14.3 Å². The smallest absolute Gasteiger partial charge is 0.255 e. The minimum atomic E-state index is -0.134. The number of amides is 1. The number of nitrogens with one attached hydrogen (secondary N) is 1. The molecule has 2 aromatic carbocycles. The predicted molar refractivity (Wildman–Crippen MR) is 131 cm³/mol. The van der Waals surface area contributed by atoms with Gasteiger partial charge in [0.2, 0.25) is 0 Å². The van der Waals surface area contributed by atoms with E-state index in [0.29, 0.717) is 42.1 Å². The number of rotatable bonds is 6. The Morgan fingerprint density at radius 1 is 1.20 bits per heavy atom. The molecule has 1 amide bonds. The molecule has 0 fully saturated rings. The van der Waals surface area contributed by atoms with Crippen molar-refractivity contribution in [2.45, 2.75) is 19.4 Å². The third-order valence-electron chi connectivity index (χ3n) is 6.50. The van der Waals surface area contributed by atoms with Crippen LogP contribution < -0.4 is 10.1 Å². The van der Waals surface area contributed by atoms with Crippen LogP contribution in [0.2, 0.25) is 0 Å². The van der Waals surface area contributed by atoms with E-state index in [2.05, 4.69) is 23.4 Å². The molecule has 9 nitrogen and oxygen atoms in total. The molecule has 35 heavy (non-hydrogen) atoms. The maximum absolute atomic E-state index is 12.6. The number of carbonyl (C=O) groups is 1. The van der Waals surface area contributed by atoms with Crippen molar-refractivity contribution in [1.82, 2.24) is 24.9 Å². The molecule has 0 saturated heterocycles. The average Bonchev–Trinajstić information content (AvgIpc) is 3.47. The first-order valence-electron chi connectivity index (χ1n) is 11.4. The Balaban J connectivity index is 1.67. The van der Waals surface area contributed by atoms with Gasteiger partial charge in [-0.25, -0.2) is 0 Å². The summed E-state index contributed by atoms with van der Waals surface area (Å²) < 4.78 is 14.3. The second-order valence-corrected chi connectivity index (χ2v) is 8.74. The fourth-order valence-corrected chi connectivity index (χ4v) is 4.74. The van der Waals surface area contributed by atoms with Crippen molar-refractivity contribution in [2.24, 2.45) is 7.05 Å². The van der Waals surface area contributed by atoms with Crippen LogP contribution in [0.15, 0.2) is 36.7 Å². The van der Waals surface area contributed by atoms with Crippen molar-refractivity contribution in [3.05, 3.63) is 53.3 Å². The summed E-state index contributed by atoms with van der Waals surface area (Å²) in [6.45, 7) is 3.85. The van der Waals surface area contributed by atoms with Crippen molar-refractivity contribution in [3.8, 4) is 34.2 Å². The normalized spacial score (nSPS) is 15.1. The van der Waals surface area contributed by atoms with Crippen molar-refractivity contribution in [1.29, 1.82) is 5.26 Å². The number of carbonyl (C=O) groups excluding carboxylic acids is 1. The lowest BCUT2D eigenvalue weighted by molar-refractivity contribution is 0.0938. The van der Waals surface area contributed by atoms with Crippen LogP contribution in [0.1, 0.15) is 34.3 Å². The van der Waals surface area contributed by atoms with E-state index in [1.54, 1.807) is 25.1 Å². The van der Waals surface area contributed by atoms with E-state index in [-0.39, 0.29) is 11.8 Å². The first-order valence-corrected chi connectivity index (χ1v) is 11.4. The number of methoxy groups -OCH3 is 2. The first kappa shape index (κ1) is 22.6. The molecule has 0 saturated carbocycles. The van der Waals surface area contributed by atoms with Crippen molar-refractivity contribution in [2.75, 3.05) is 27.4 Å². The van der Waals surface area contributed by atoms with Gasteiger partial charge in [0, 0.05) is 43.4 Å². The molecule has 0 bridgehead atoms. The van der Waals surface area contributed by atoms with E-state index < -0.39 is 0 Å². The zero-order chi connectivity index (χ0) is 24.7. The highest BCUT2D eigenvalue weighted by atomic mass is 16.5. The van der Waals surface area contributed by atoms with Crippen LogP contribution in [0.4, 0.5) is 0 Å². The molecule has 5 rings (SSSR count). The molecule has 1 aliphatic rings. The monoisotopic (exact) mass is 470 g/mol. The maximum atomic E-state index is 12.6. The van der Waals surface area contributed by atoms with Gasteiger partial charge in [0.1, 0.15) is 5.75 Å². The summed E-state index contributed by atoms with van der Waals surface area (Å²) in [7, 11) is 5.08. The summed E-state index contributed by atoms with van der Waals surface area (Å²) in [4.78, 5) is 12.6. The number of aromatic nitrogens is 4. The van der Waals surface area contributed by atoms with Gasteiger partial charge in [-0.05, 0) is 41.3 Å². The zero-order valence-electron chi connectivity index (χ0n) is 20.1. The van der Waals surface area contributed by atoms with Gasteiger partial charge in [0.05, 0.1) is 54.9 Å². The minimum Gasteiger partial charge on any atom is -0.496 e. The molecular weight excluding hydrogens is 444 g/mol. The van der Waals surface area contributed by atoms with E-state index >= 15 is 0 Å². The summed E-state index contributed by atoms with van der Waals surface area (Å²) in [6.07, 6.45) is 3.72. The van der Waals surface area contributed by atoms with Crippen LogP contribution in [0, 0.1) is 11.3 Å². The number of ether oxygens (including phenoxy) is 2. The first-order chi connectivity index (χ1) is 16.9. The van der Waals surface area contributed by atoms with Gasteiger partial charge in [0.15, 0.2) is 0 Å². The highest BCUT2D eigenvalue weighted by Crippen LogP contribution is 2.40. The molecule has 0 spiro atoms. The SMILES string of the molecule is COCCn1cc(-c2cc(C#N)c3c(-c4cc(OC)c5c(c4)[C@@H](C)CNC5=O)n(C)nc3c2)cn1. The largest absolute Gasteiger partial charge is 0.496 e. The Bertz CT molecular complexity index is 1490. The molecule has 0 unspecified atom stereocenters. The molecule has 3 heterocycles. The number of fused-ring (bicyclic) bond motifs is 2. The molecule has 9 heteroatoms. The van der Waals surface area contributed by atoms with Crippen LogP contribution in [-0.2, 0) is 18.3 Å². The minimum absolute atomic E-state index is 0.132. The van der Waals surface area contributed by atoms with E-state index in [1.165, 1.54) is 0 Å². The molecule has 1 aliphatic heterocycles. The van der Waals surface area contributed by atoms with E-state index in [0.717, 1.165) is 33.3 Å². The number of hydrogen-bond acceptors (Lipinski definition) is 6.